The fourth-order valence-corrected chi connectivity index (χ4v) is 1.89. The molecule has 0 fully saturated rings. The van der Waals surface area contributed by atoms with E-state index in [0.717, 1.165) is 16.9 Å². The molecule has 0 saturated heterocycles. The van der Waals surface area contributed by atoms with Gasteiger partial charge in [0.2, 0.25) is 0 Å². The molecular weight excluding hydrogens is 281 g/mol. The zero-order valence-electron chi connectivity index (χ0n) is 11.6. The third kappa shape index (κ3) is 3.81. The number of hydrogen-bond donors (Lipinski definition) is 1. The maximum Gasteiger partial charge on any atom is 0.573 e. The van der Waals surface area contributed by atoms with Crippen LogP contribution in [-0.4, -0.2) is 13.4 Å². The average Bonchev–Trinajstić information content (AvgIpc) is 2.40. The Hall–Kier alpha value is -2.37. The van der Waals surface area contributed by atoms with E-state index in [1.54, 1.807) is 18.2 Å². The molecule has 0 saturated carbocycles. The molecule has 2 rings (SSSR count). The maximum absolute atomic E-state index is 12.1. The van der Waals surface area contributed by atoms with Gasteiger partial charge < -0.3 is 15.4 Å². The molecule has 0 aromatic heterocycles. The van der Waals surface area contributed by atoms with Crippen molar-refractivity contribution in [2.45, 2.75) is 13.3 Å². The van der Waals surface area contributed by atoms with Crippen LogP contribution in [0.25, 0.3) is 0 Å². The first-order chi connectivity index (χ1) is 9.76. The Morgan fingerprint density at radius 3 is 2.10 bits per heavy atom. The molecule has 21 heavy (non-hydrogen) atoms. The van der Waals surface area contributed by atoms with Crippen molar-refractivity contribution in [3.63, 3.8) is 0 Å². The summed E-state index contributed by atoms with van der Waals surface area (Å²) in [4.78, 5) is 1.85. The lowest BCUT2D eigenvalue weighted by Crippen LogP contribution is -2.17. The van der Waals surface area contributed by atoms with Crippen molar-refractivity contribution in [2.24, 2.45) is 0 Å². The second kappa shape index (κ2) is 5.55. The lowest BCUT2D eigenvalue weighted by molar-refractivity contribution is -0.274. The largest absolute Gasteiger partial charge is 0.573 e. The summed E-state index contributed by atoms with van der Waals surface area (Å²) in [6.45, 7) is 1.90. The topological polar surface area (TPSA) is 38.5 Å². The number of ether oxygens (including phenoxy) is 1. The number of alkyl halides is 3. The van der Waals surface area contributed by atoms with E-state index >= 15 is 0 Å². The number of nitrogen functional groups attached to an aromatic ring is 1. The number of nitrogens with zero attached hydrogens (tertiary/aromatic N) is 1. The number of halogens is 3. The minimum atomic E-state index is -4.68. The van der Waals surface area contributed by atoms with Gasteiger partial charge in [0.1, 0.15) is 5.75 Å². The summed E-state index contributed by atoms with van der Waals surface area (Å²) in [7, 11) is 1.82. The predicted octanol–water partition coefficient (Wildman–Crippen LogP) is 4.24. The van der Waals surface area contributed by atoms with Crippen molar-refractivity contribution in [2.75, 3.05) is 17.7 Å². The number of hydrogen-bond acceptors (Lipinski definition) is 3. The smallest absolute Gasteiger partial charge is 0.406 e. The highest BCUT2D eigenvalue weighted by atomic mass is 19.4. The van der Waals surface area contributed by atoms with Gasteiger partial charge >= 0.3 is 6.36 Å². The van der Waals surface area contributed by atoms with Gasteiger partial charge in [-0.15, -0.1) is 13.2 Å². The molecule has 0 radical (unpaired) electrons. The Kier molecular flexibility index (Phi) is 3.97. The number of anilines is 3. The summed E-state index contributed by atoms with van der Waals surface area (Å²) < 4.78 is 40.2. The van der Waals surface area contributed by atoms with Gasteiger partial charge in [-0.3, -0.25) is 0 Å². The lowest BCUT2D eigenvalue weighted by atomic mass is 10.1. The van der Waals surface area contributed by atoms with Gasteiger partial charge in [0, 0.05) is 24.1 Å². The molecule has 0 aliphatic heterocycles. The summed E-state index contributed by atoms with van der Waals surface area (Å²) in [5.74, 6) is -0.242. The molecule has 2 aromatic rings. The van der Waals surface area contributed by atoms with Gasteiger partial charge in [0.15, 0.2) is 0 Å². The fraction of sp³-hybridized carbons (Fsp3) is 0.200. The van der Waals surface area contributed by atoms with Crippen LogP contribution in [0.15, 0.2) is 42.5 Å². The first-order valence-corrected chi connectivity index (χ1v) is 6.22. The molecule has 0 aliphatic carbocycles. The van der Waals surface area contributed by atoms with E-state index in [2.05, 4.69) is 4.74 Å². The molecule has 0 bridgehead atoms. The molecule has 0 aliphatic rings. The Bertz CT molecular complexity index is 624. The van der Waals surface area contributed by atoms with Crippen LogP contribution < -0.4 is 15.4 Å². The Balaban J connectivity index is 2.19. The molecule has 0 unspecified atom stereocenters. The Morgan fingerprint density at radius 1 is 1.00 bits per heavy atom. The Labute approximate surface area is 120 Å². The van der Waals surface area contributed by atoms with Crippen molar-refractivity contribution in [1.82, 2.24) is 0 Å². The zero-order chi connectivity index (χ0) is 15.6. The van der Waals surface area contributed by atoms with Crippen molar-refractivity contribution in [1.29, 1.82) is 0 Å². The molecule has 0 spiro atoms. The van der Waals surface area contributed by atoms with Crippen molar-refractivity contribution >= 4 is 17.1 Å². The minimum Gasteiger partial charge on any atom is -0.406 e. The van der Waals surface area contributed by atoms with E-state index in [1.165, 1.54) is 12.1 Å². The summed E-state index contributed by atoms with van der Waals surface area (Å²) in [6.07, 6.45) is -4.68. The maximum atomic E-state index is 12.1. The average molecular weight is 296 g/mol. The molecular formula is C15H15F3N2O. The quantitative estimate of drug-likeness (QED) is 0.861. The van der Waals surface area contributed by atoms with Crippen LogP contribution in [0.1, 0.15) is 5.56 Å². The number of rotatable bonds is 3. The van der Waals surface area contributed by atoms with E-state index in [0.29, 0.717) is 5.69 Å². The third-order valence-electron chi connectivity index (χ3n) is 3.10. The fourth-order valence-electron chi connectivity index (χ4n) is 1.89. The second-order valence-electron chi connectivity index (χ2n) is 4.64. The SMILES string of the molecule is Cc1cc(N(C)c2ccc(OC(F)(F)F)cc2)ccc1N. The standard InChI is InChI=1S/C15H15F3N2O/c1-10-9-12(5-8-14(10)19)20(2)11-3-6-13(7-4-11)21-15(16,17)18/h3-9H,19H2,1-2H3. The van der Waals surface area contributed by atoms with Crippen LogP contribution in [0.2, 0.25) is 0 Å². The minimum absolute atomic E-state index is 0.242. The van der Waals surface area contributed by atoms with E-state index in [1.807, 2.05) is 31.0 Å². The molecule has 112 valence electrons. The summed E-state index contributed by atoms with van der Waals surface area (Å²) >= 11 is 0. The van der Waals surface area contributed by atoms with Crippen molar-refractivity contribution < 1.29 is 17.9 Å². The highest BCUT2D eigenvalue weighted by molar-refractivity contribution is 5.66. The highest BCUT2D eigenvalue weighted by Gasteiger charge is 2.30. The normalized spacial score (nSPS) is 11.3. The lowest BCUT2D eigenvalue weighted by Gasteiger charge is -2.21. The first-order valence-electron chi connectivity index (χ1n) is 6.22. The third-order valence-corrected chi connectivity index (χ3v) is 3.10. The van der Waals surface area contributed by atoms with E-state index in [4.69, 9.17) is 5.73 Å². The van der Waals surface area contributed by atoms with Gasteiger partial charge in [0.05, 0.1) is 0 Å². The van der Waals surface area contributed by atoms with Crippen LogP contribution in [-0.2, 0) is 0 Å². The molecule has 0 atom stereocenters. The molecule has 0 amide bonds. The molecule has 3 nitrogen and oxygen atoms in total. The number of benzene rings is 2. The molecule has 0 heterocycles. The van der Waals surface area contributed by atoms with Crippen LogP contribution in [0.4, 0.5) is 30.2 Å². The van der Waals surface area contributed by atoms with Gasteiger partial charge in [-0.25, -0.2) is 0 Å². The highest BCUT2D eigenvalue weighted by Crippen LogP contribution is 2.29. The molecule has 6 heteroatoms. The van der Waals surface area contributed by atoms with E-state index in [-0.39, 0.29) is 5.75 Å². The van der Waals surface area contributed by atoms with Gasteiger partial charge in [-0.05, 0) is 55.0 Å². The predicted molar refractivity (Wildman–Crippen MR) is 76.8 cm³/mol. The Morgan fingerprint density at radius 2 is 1.57 bits per heavy atom. The number of aryl methyl sites for hydroxylation is 1. The van der Waals surface area contributed by atoms with E-state index in [9.17, 15) is 13.2 Å². The van der Waals surface area contributed by atoms with Gasteiger partial charge in [-0.2, -0.15) is 0 Å². The summed E-state index contributed by atoms with van der Waals surface area (Å²) in [5.41, 5.74) is 9.04. The monoisotopic (exact) mass is 296 g/mol. The van der Waals surface area contributed by atoms with Gasteiger partial charge in [-0.1, -0.05) is 0 Å². The van der Waals surface area contributed by atoms with Crippen LogP contribution in [0.3, 0.4) is 0 Å². The van der Waals surface area contributed by atoms with Crippen LogP contribution in [0.5, 0.6) is 5.75 Å². The summed E-state index contributed by atoms with van der Waals surface area (Å²) in [6, 6.07) is 11.2. The first kappa shape index (κ1) is 15.0. The van der Waals surface area contributed by atoms with Crippen LogP contribution >= 0.6 is 0 Å². The van der Waals surface area contributed by atoms with E-state index < -0.39 is 6.36 Å². The zero-order valence-corrected chi connectivity index (χ0v) is 11.6. The molecule has 2 N–H and O–H groups in total. The van der Waals surface area contributed by atoms with Gasteiger partial charge in [0.25, 0.3) is 0 Å². The second-order valence-corrected chi connectivity index (χ2v) is 4.64. The number of nitrogens with two attached hydrogens (primary N) is 1. The summed E-state index contributed by atoms with van der Waals surface area (Å²) in [5, 5.41) is 0. The van der Waals surface area contributed by atoms with Crippen molar-refractivity contribution in [3.8, 4) is 5.75 Å². The molecule has 2 aromatic carbocycles. The van der Waals surface area contributed by atoms with Crippen molar-refractivity contribution in [3.05, 3.63) is 48.0 Å². The van der Waals surface area contributed by atoms with Crippen LogP contribution in [0, 0.1) is 6.92 Å².